The van der Waals surface area contributed by atoms with Crippen LogP contribution in [0.5, 0.6) is 5.88 Å². The molecule has 1 fully saturated rings. The zero-order valence-corrected chi connectivity index (χ0v) is 14.6. The van der Waals surface area contributed by atoms with Crippen molar-refractivity contribution < 1.29 is 19.1 Å². The number of likely N-dealkylation sites (tertiary alicyclic amines) is 1. The van der Waals surface area contributed by atoms with Crippen molar-refractivity contribution >= 4 is 23.4 Å². The molecule has 1 aromatic heterocycles. The number of aromatic nitrogens is 1. The van der Waals surface area contributed by atoms with E-state index in [0.29, 0.717) is 23.9 Å². The van der Waals surface area contributed by atoms with Crippen LogP contribution < -0.4 is 10.1 Å². The summed E-state index contributed by atoms with van der Waals surface area (Å²) in [6.07, 6.45) is 3.62. The van der Waals surface area contributed by atoms with Gasteiger partial charge in [0.25, 0.3) is 5.91 Å². The maximum Gasteiger partial charge on any atom is 0.252 e. The maximum atomic E-state index is 12.3. The number of nitrogens with one attached hydrogen (secondary N) is 1. The summed E-state index contributed by atoms with van der Waals surface area (Å²) in [6.45, 7) is 0.878. The summed E-state index contributed by atoms with van der Waals surface area (Å²) < 4.78 is 10.2. The first-order valence-corrected chi connectivity index (χ1v) is 8.19. The lowest BCUT2D eigenvalue weighted by molar-refractivity contribution is -0.144. The molecule has 1 N–H and O–H groups in total. The van der Waals surface area contributed by atoms with Crippen LogP contribution in [0.25, 0.3) is 0 Å². The number of halogens is 1. The van der Waals surface area contributed by atoms with Gasteiger partial charge in [-0.2, -0.15) is 0 Å². The number of hydrogen-bond donors (Lipinski definition) is 1. The van der Waals surface area contributed by atoms with Crippen LogP contribution in [0.1, 0.15) is 24.8 Å². The van der Waals surface area contributed by atoms with Gasteiger partial charge in [-0.05, 0) is 30.9 Å². The predicted molar refractivity (Wildman–Crippen MR) is 88.9 cm³/mol. The van der Waals surface area contributed by atoms with Crippen LogP contribution in [0.2, 0.25) is 5.02 Å². The highest BCUT2D eigenvalue weighted by molar-refractivity contribution is 6.31. The molecule has 1 aliphatic rings. The fourth-order valence-electron chi connectivity index (χ4n) is 2.59. The molecule has 1 atom stereocenters. The molecule has 0 aromatic carbocycles. The van der Waals surface area contributed by atoms with Gasteiger partial charge in [-0.3, -0.25) is 9.59 Å². The minimum Gasteiger partial charge on any atom is -0.480 e. The Morgan fingerprint density at radius 2 is 2.25 bits per heavy atom. The number of ether oxygens (including phenoxy) is 2. The third-order valence-electron chi connectivity index (χ3n) is 3.90. The van der Waals surface area contributed by atoms with E-state index in [1.165, 1.54) is 14.2 Å². The highest BCUT2D eigenvalue weighted by atomic mass is 35.5. The molecule has 7 nitrogen and oxygen atoms in total. The molecule has 0 aliphatic carbocycles. The lowest BCUT2D eigenvalue weighted by Crippen LogP contribution is -2.44. The van der Waals surface area contributed by atoms with E-state index in [1.807, 2.05) is 0 Å². The standard InChI is InChI=1S/C16H22ClN3O4/c1-23-13-5-3-4-6-20(16(13)22)10-14(21)18-8-11-7-12(17)15(24-2)19-9-11/h7,9,13H,3-6,8,10H2,1-2H3,(H,18,21). The summed E-state index contributed by atoms with van der Waals surface area (Å²) in [5, 5.41) is 3.16. The fraction of sp³-hybridized carbons (Fsp3) is 0.562. The van der Waals surface area contributed by atoms with Gasteiger partial charge in [0.2, 0.25) is 11.8 Å². The van der Waals surface area contributed by atoms with Crippen molar-refractivity contribution in [2.24, 2.45) is 0 Å². The molecule has 2 amide bonds. The van der Waals surface area contributed by atoms with Gasteiger partial charge >= 0.3 is 0 Å². The topological polar surface area (TPSA) is 80.8 Å². The van der Waals surface area contributed by atoms with Crippen LogP contribution in [0.4, 0.5) is 0 Å². The average molecular weight is 356 g/mol. The molecular formula is C16H22ClN3O4. The van der Waals surface area contributed by atoms with Gasteiger partial charge < -0.3 is 19.7 Å². The molecule has 0 radical (unpaired) electrons. The Morgan fingerprint density at radius 3 is 2.92 bits per heavy atom. The largest absolute Gasteiger partial charge is 0.480 e. The number of nitrogens with zero attached hydrogens (tertiary/aromatic N) is 2. The Morgan fingerprint density at radius 1 is 1.46 bits per heavy atom. The van der Waals surface area contributed by atoms with Crippen LogP contribution in [0.3, 0.4) is 0 Å². The van der Waals surface area contributed by atoms with Gasteiger partial charge in [-0.15, -0.1) is 0 Å². The van der Waals surface area contributed by atoms with Crippen molar-refractivity contribution in [1.29, 1.82) is 0 Å². The summed E-state index contributed by atoms with van der Waals surface area (Å²) in [5.41, 5.74) is 0.756. The monoisotopic (exact) mass is 355 g/mol. The summed E-state index contributed by atoms with van der Waals surface area (Å²) in [5.74, 6) is -0.0149. The van der Waals surface area contributed by atoms with Gasteiger partial charge in [-0.25, -0.2) is 4.98 Å². The second-order valence-electron chi connectivity index (χ2n) is 5.59. The molecule has 0 spiro atoms. The van der Waals surface area contributed by atoms with Crippen LogP contribution in [0, 0.1) is 0 Å². The smallest absolute Gasteiger partial charge is 0.252 e. The van der Waals surface area contributed by atoms with E-state index in [0.717, 1.165) is 18.4 Å². The van der Waals surface area contributed by atoms with Gasteiger partial charge in [0, 0.05) is 26.4 Å². The molecule has 2 rings (SSSR count). The van der Waals surface area contributed by atoms with Crippen molar-refractivity contribution in [3.63, 3.8) is 0 Å². The average Bonchev–Trinajstić information content (AvgIpc) is 2.75. The summed E-state index contributed by atoms with van der Waals surface area (Å²) in [6, 6.07) is 1.69. The van der Waals surface area contributed by atoms with Crippen LogP contribution in [-0.2, 0) is 20.9 Å². The zero-order chi connectivity index (χ0) is 17.5. The highest BCUT2D eigenvalue weighted by Crippen LogP contribution is 2.21. The second kappa shape index (κ2) is 8.84. The summed E-state index contributed by atoms with van der Waals surface area (Å²) in [7, 11) is 3.01. The quantitative estimate of drug-likeness (QED) is 0.834. The first-order chi connectivity index (χ1) is 11.5. The third kappa shape index (κ3) is 4.82. The number of carbonyl (C=O) groups is 2. The van der Waals surface area contributed by atoms with Crippen molar-refractivity contribution in [3.8, 4) is 5.88 Å². The fourth-order valence-corrected chi connectivity index (χ4v) is 2.85. The van der Waals surface area contributed by atoms with Crippen molar-refractivity contribution in [3.05, 3.63) is 22.8 Å². The second-order valence-corrected chi connectivity index (χ2v) is 6.00. The van der Waals surface area contributed by atoms with Crippen LogP contribution >= 0.6 is 11.6 Å². The minimum atomic E-state index is -0.454. The molecular weight excluding hydrogens is 334 g/mol. The lowest BCUT2D eigenvalue weighted by atomic mass is 10.2. The Kier molecular flexibility index (Phi) is 6.81. The summed E-state index contributed by atoms with van der Waals surface area (Å²) in [4.78, 5) is 30.0. The van der Waals surface area contributed by atoms with E-state index < -0.39 is 6.10 Å². The van der Waals surface area contributed by atoms with E-state index >= 15 is 0 Å². The predicted octanol–water partition coefficient (Wildman–Crippen LogP) is 1.39. The van der Waals surface area contributed by atoms with E-state index in [2.05, 4.69) is 10.3 Å². The normalized spacial score (nSPS) is 18.2. The van der Waals surface area contributed by atoms with Gasteiger partial charge in [0.1, 0.15) is 11.1 Å². The lowest BCUT2D eigenvalue weighted by Gasteiger charge is -2.23. The molecule has 1 unspecified atom stereocenters. The molecule has 0 saturated carbocycles. The van der Waals surface area contributed by atoms with Gasteiger partial charge in [0.15, 0.2) is 0 Å². The Hall–Kier alpha value is -1.86. The van der Waals surface area contributed by atoms with E-state index in [9.17, 15) is 9.59 Å². The third-order valence-corrected chi connectivity index (χ3v) is 4.17. The molecule has 0 bridgehead atoms. The van der Waals surface area contributed by atoms with Crippen molar-refractivity contribution in [2.75, 3.05) is 27.3 Å². The Bertz CT molecular complexity index is 597. The summed E-state index contributed by atoms with van der Waals surface area (Å²) >= 11 is 6.00. The number of carbonyl (C=O) groups excluding carboxylic acids is 2. The molecule has 24 heavy (non-hydrogen) atoms. The number of methoxy groups -OCH3 is 2. The van der Waals surface area contributed by atoms with Crippen LogP contribution in [-0.4, -0.2) is 55.1 Å². The first-order valence-electron chi connectivity index (χ1n) is 7.82. The maximum absolute atomic E-state index is 12.3. The van der Waals surface area contributed by atoms with E-state index in [4.69, 9.17) is 21.1 Å². The minimum absolute atomic E-state index is 0.0238. The molecule has 1 aromatic rings. The molecule has 1 aliphatic heterocycles. The zero-order valence-electron chi connectivity index (χ0n) is 13.9. The van der Waals surface area contributed by atoms with Crippen LogP contribution in [0.15, 0.2) is 12.3 Å². The van der Waals surface area contributed by atoms with Crippen molar-refractivity contribution in [2.45, 2.75) is 31.9 Å². The number of amides is 2. The Balaban J connectivity index is 1.88. The number of pyridine rings is 1. The molecule has 132 valence electrons. The molecule has 2 heterocycles. The molecule has 1 saturated heterocycles. The number of rotatable bonds is 6. The van der Waals surface area contributed by atoms with E-state index in [1.54, 1.807) is 17.2 Å². The Labute approximate surface area is 146 Å². The number of hydrogen-bond acceptors (Lipinski definition) is 5. The van der Waals surface area contributed by atoms with Gasteiger partial charge in [-0.1, -0.05) is 11.6 Å². The van der Waals surface area contributed by atoms with E-state index in [-0.39, 0.29) is 24.9 Å². The molecule has 8 heteroatoms. The first kappa shape index (κ1) is 18.5. The highest BCUT2D eigenvalue weighted by Gasteiger charge is 2.27. The SMILES string of the molecule is COc1ncc(CNC(=O)CN2CCCCC(OC)C2=O)cc1Cl. The van der Waals surface area contributed by atoms with Crippen molar-refractivity contribution in [1.82, 2.24) is 15.2 Å². The van der Waals surface area contributed by atoms with Gasteiger partial charge in [0.05, 0.1) is 13.7 Å².